The molecule has 0 amide bonds. The number of hydrogen-bond donors (Lipinski definition) is 1. The number of nitrogens with zero attached hydrogens (tertiary/aromatic N) is 2. The van der Waals surface area contributed by atoms with E-state index in [-0.39, 0.29) is 0 Å². The molecular formula is C17H24N2O. The van der Waals surface area contributed by atoms with Crippen molar-refractivity contribution in [1.29, 1.82) is 0 Å². The first-order chi connectivity index (χ1) is 9.61. The first-order valence-corrected chi connectivity index (χ1v) is 7.40. The summed E-state index contributed by atoms with van der Waals surface area (Å²) in [5.41, 5.74) is 3.09. The van der Waals surface area contributed by atoms with E-state index in [9.17, 15) is 5.11 Å². The van der Waals surface area contributed by atoms with E-state index in [2.05, 4.69) is 38.0 Å². The Hall–Kier alpha value is -1.61. The van der Waals surface area contributed by atoms with Crippen LogP contribution < -0.4 is 0 Å². The van der Waals surface area contributed by atoms with Gasteiger partial charge >= 0.3 is 0 Å². The van der Waals surface area contributed by atoms with Gasteiger partial charge in [-0.2, -0.15) is 5.10 Å². The number of aromatic nitrogens is 2. The first kappa shape index (κ1) is 14.8. The van der Waals surface area contributed by atoms with Gasteiger partial charge in [-0.05, 0) is 36.0 Å². The largest absolute Gasteiger partial charge is 0.382 e. The third-order valence-electron chi connectivity index (χ3n) is 3.38. The lowest BCUT2D eigenvalue weighted by molar-refractivity contribution is 0.207. The number of rotatable bonds is 6. The van der Waals surface area contributed by atoms with Crippen molar-refractivity contribution in [2.24, 2.45) is 5.92 Å². The highest BCUT2D eigenvalue weighted by atomic mass is 16.3. The molecule has 2 rings (SSSR count). The zero-order chi connectivity index (χ0) is 14.5. The minimum atomic E-state index is -0.601. The topological polar surface area (TPSA) is 38.0 Å². The Morgan fingerprint density at radius 1 is 1.25 bits per heavy atom. The van der Waals surface area contributed by atoms with Crippen LogP contribution in [0.15, 0.2) is 36.5 Å². The summed E-state index contributed by atoms with van der Waals surface area (Å²) < 4.78 is 1.89. The van der Waals surface area contributed by atoms with E-state index in [0.29, 0.717) is 5.92 Å². The van der Waals surface area contributed by atoms with Crippen molar-refractivity contribution in [1.82, 2.24) is 9.78 Å². The Labute approximate surface area is 121 Å². The Bertz CT molecular complexity index is 545. The Kier molecular flexibility index (Phi) is 4.96. The second-order valence-corrected chi connectivity index (χ2v) is 5.72. The van der Waals surface area contributed by atoms with Crippen LogP contribution in [0.4, 0.5) is 0 Å². The third kappa shape index (κ3) is 3.48. The van der Waals surface area contributed by atoms with Crippen molar-refractivity contribution in [3.05, 3.63) is 53.3 Å². The molecule has 3 nitrogen and oxygen atoms in total. The molecular weight excluding hydrogens is 248 g/mol. The summed E-state index contributed by atoms with van der Waals surface area (Å²) >= 11 is 0. The van der Waals surface area contributed by atoms with E-state index in [4.69, 9.17) is 0 Å². The van der Waals surface area contributed by atoms with Gasteiger partial charge in [0.05, 0.1) is 5.69 Å². The summed E-state index contributed by atoms with van der Waals surface area (Å²) in [6.45, 7) is 7.37. The predicted molar refractivity (Wildman–Crippen MR) is 81.6 cm³/mol. The number of aliphatic hydroxyl groups excluding tert-OH is 1. The molecule has 1 aromatic carbocycles. The fourth-order valence-electron chi connectivity index (χ4n) is 2.51. The van der Waals surface area contributed by atoms with Crippen molar-refractivity contribution in [3.8, 4) is 0 Å². The maximum atomic E-state index is 10.6. The summed E-state index contributed by atoms with van der Waals surface area (Å²) in [6, 6.07) is 10.1. The van der Waals surface area contributed by atoms with E-state index >= 15 is 0 Å². The second-order valence-electron chi connectivity index (χ2n) is 5.72. The second kappa shape index (κ2) is 6.71. The van der Waals surface area contributed by atoms with Crippen LogP contribution in [0.1, 0.15) is 50.1 Å². The Balaban J connectivity index is 2.23. The van der Waals surface area contributed by atoms with Crippen molar-refractivity contribution in [2.75, 3.05) is 0 Å². The highest BCUT2D eigenvalue weighted by Gasteiger charge is 2.15. The van der Waals surface area contributed by atoms with Crippen LogP contribution in [0.5, 0.6) is 0 Å². The fraction of sp³-hybridized carbons (Fsp3) is 0.471. The maximum absolute atomic E-state index is 10.6. The van der Waals surface area contributed by atoms with Gasteiger partial charge in [-0.25, -0.2) is 0 Å². The molecule has 20 heavy (non-hydrogen) atoms. The molecule has 3 heteroatoms. The predicted octanol–water partition coefficient (Wildman–Crippen LogP) is 3.57. The number of hydrogen-bond acceptors (Lipinski definition) is 2. The summed E-state index contributed by atoms with van der Waals surface area (Å²) in [4.78, 5) is 0. The Morgan fingerprint density at radius 3 is 2.75 bits per heavy atom. The molecule has 0 aliphatic carbocycles. The van der Waals surface area contributed by atoms with Crippen LogP contribution >= 0.6 is 0 Å². The van der Waals surface area contributed by atoms with Crippen LogP contribution in [-0.2, 0) is 13.0 Å². The van der Waals surface area contributed by atoms with Crippen LogP contribution in [-0.4, -0.2) is 14.9 Å². The number of benzene rings is 1. The molecule has 2 aromatic rings. The van der Waals surface area contributed by atoms with Gasteiger partial charge in [-0.1, -0.05) is 45.0 Å². The van der Waals surface area contributed by atoms with Crippen LogP contribution in [0.2, 0.25) is 0 Å². The van der Waals surface area contributed by atoms with Gasteiger partial charge in [0.1, 0.15) is 6.10 Å². The molecule has 1 aromatic heterocycles. The lowest BCUT2D eigenvalue weighted by atomic mass is 9.98. The maximum Gasteiger partial charge on any atom is 0.121 e. The lowest BCUT2D eigenvalue weighted by Crippen LogP contribution is -2.10. The zero-order valence-corrected chi connectivity index (χ0v) is 12.6. The summed E-state index contributed by atoms with van der Waals surface area (Å²) in [5, 5.41) is 14.9. The Morgan fingerprint density at radius 2 is 2.05 bits per heavy atom. The summed E-state index contributed by atoms with van der Waals surface area (Å²) in [7, 11) is 0. The van der Waals surface area contributed by atoms with Crippen molar-refractivity contribution >= 4 is 0 Å². The van der Waals surface area contributed by atoms with Crippen LogP contribution in [0.3, 0.4) is 0 Å². The van der Waals surface area contributed by atoms with Crippen molar-refractivity contribution in [2.45, 2.75) is 46.3 Å². The standard InChI is InChI=1S/C17H24N2O/c1-4-10-19-16(8-9-18-19)17(20)15-7-5-6-14(12-15)11-13(2)3/h5-9,12-13,17,20H,4,10-11H2,1-3H3. The normalized spacial score (nSPS) is 12.8. The van der Waals surface area contributed by atoms with E-state index in [1.807, 2.05) is 22.9 Å². The fourth-order valence-corrected chi connectivity index (χ4v) is 2.51. The third-order valence-corrected chi connectivity index (χ3v) is 3.38. The van der Waals surface area contributed by atoms with Crippen molar-refractivity contribution in [3.63, 3.8) is 0 Å². The molecule has 1 atom stereocenters. The highest BCUT2D eigenvalue weighted by molar-refractivity contribution is 5.30. The van der Waals surface area contributed by atoms with Crippen LogP contribution in [0.25, 0.3) is 0 Å². The van der Waals surface area contributed by atoms with Gasteiger partial charge in [0.15, 0.2) is 0 Å². The first-order valence-electron chi connectivity index (χ1n) is 7.40. The average molecular weight is 272 g/mol. The molecule has 0 saturated heterocycles. The zero-order valence-electron chi connectivity index (χ0n) is 12.6. The SMILES string of the molecule is CCCn1nccc1C(O)c1cccc(CC(C)C)c1. The van der Waals surface area contributed by atoms with Crippen LogP contribution in [0, 0.1) is 5.92 Å². The molecule has 0 fully saturated rings. The molecule has 108 valence electrons. The molecule has 1 unspecified atom stereocenters. The van der Waals surface area contributed by atoms with Gasteiger partial charge < -0.3 is 5.11 Å². The number of aryl methyl sites for hydroxylation is 1. The highest BCUT2D eigenvalue weighted by Crippen LogP contribution is 2.23. The van der Waals surface area contributed by atoms with E-state index in [1.54, 1.807) is 6.20 Å². The monoisotopic (exact) mass is 272 g/mol. The molecule has 1 heterocycles. The van der Waals surface area contributed by atoms with Gasteiger partial charge in [-0.3, -0.25) is 4.68 Å². The van der Waals surface area contributed by atoms with Gasteiger partial charge in [0.2, 0.25) is 0 Å². The molecule has 0 aliphatic rings. The van der Waals surface area contributed by atoms with E-state index in [1.165, 1.54) is 5.56 Å². The summed E-state index contributed by atoms with van der Waals surface area (Å²) in [6.07, 6.45) is 3.20. The number of aliphatic hydroxyl groups is 1. The molecule has 0 radical (unpaired) electrons. The average Bonchev–Trinajstić information content (AvgIpc) is 2.86. The minimum absolute atomic E-state index is 0.601. The smallest absolute Gasteiger partial charge is 0.121 e. The molecule has 0 aliphatic heterocycles. The molecule has 1 N–H and O–H groups in total. The quantitative estimate of drug-likeness (QED) is 0.873. The molecule has 0 saturated carbocycles. The molecule has 0 spiro atoms. The van der Waals surface area contributed by atoms with Gasteiger partial charge in [0, 0.05) is 12.7 Å². The van der Waals surface area contributed by atoms with Gasteiger partial charge in [-0.15, -0.1) is 0 Å². The summed E-state index contributed by atoms with van der Waals surface area (Å²) in [5.74, 6) is 0.619. The van der Waals surface area contributed by atoms with E-state index < -0.39 is 6.10 Å². The van der Waals surface area contributed by atoms with Crippen molar-refractivity contribution < 1.29 is 5.11 Å². The minimum Gasteiger partial charge on any atom is -0.382 e. The van der Waals surface area contributed by atoms with Gasteiger partial charge in [0.25, 0.3) is 0 Å². The van der Waals surface area contributed by atoms with E-state index in [0.717, 1.165) is 30.6 Å². The lowest BCUT2D eigenvalue weighted by Gasteiger charge is -2.15. The molecule has 0 bridgehead atoms.